The summed E-state index contributed by atoms with van der Waals surface area (Å²) in [4.78, 5) is 10.9. The highest BCUT2D eigenvalue weighted by atomic mass is 35.5. The molecule has 0 aliphatic heterocycles. The molecule has 1 atom stereocenters. The average molecular weight is 258 g/mol. The Labute approximate surface area is 108 Å². The van der Waals surface area contributed by atoms with Gasteiger partial charge in [0, 0.05) is 18.8 Å². The van der Waals surface area contributed by atoms with Gasteiger partial charge in [-0.15, -0.1) is 0 Å². The summed E-state index contributed by atoms with van der Waals surface area (Å²) in [6.45, 7) is 8.50. The lowest BCUT2D eigenvalue weighted by atomic mass is 10.3. The number of hydrogen-bond acceptors (Lipinski definition) is 4. The molecule has 0 radical (unpaired) electrons. The Morgan fingerprint density at radius 1 is 1.47 bits per heavy atom. The Balaban J connectivity index is 2.73. The van der Waals surface area contributed by atoms with E-state index in [2.05, 4.69) is 28.7 Å². The van der Waals surface area contributed by atoms with Crippen molar-refractivity contribution in [1.29, 1.82) is 0 Å². The van der Waals surface area contributed by atoms with Crippen molar-refractivity contribution in [3.05, 3.63) is 22.7 Å². The lowest BCUT2D eigenvalue weighted by Crippen LogP contribution is -2.36. The summed E-state index contributed by atoms with van der Waals surface area (Å²) < 4.78 is 5.16. The minimum atomic E-state index is 0.341. The van der Waals surface area contributed by atoms with Crippen molar-refractivity contribution in [1.82, 2.24) is 14.9 Å². The summed E-state index contributed by atoms with van der Waals surface area (Å²) in [5.41, 5.74) is 0.899. The molecular weight excluding hydrogens is 238 g/mol. The second-order valence-corrected chi connectivity index (χ2v) is 4.50. The molecule has 0 spiro atoms. The Morgan fingerprint density at radius 3 is 2.71 bits per heavy atom. The zero-order valence-electron chi connectivity index (χ0n) is 10.9. The summed E-state index contributed by atoms with van der Waals surface area (Å²) in [6.07, 6.45) is 0. The van der Waals surface area contributed by atoms with Gasteiger partial charge in [-0.2, -0.15) is 0 Å². The van der Waals surface area contributed by atoms with Crippen molar-refractivity contribution < 1.29 is 4.74 Å². The molecule has 0 aromatic carbocycles. The Morgan fingerprint density at radius 2 is 2.18 bits per heavy atom. The summed E-state index contributed by atoms with van der Waals surface area (Å²) in [7, 11) is 1.71. The van der Waals surface area contributed by atoms with Gasteiger partial charge in [0.25, 0.3) is 0 Å². The van der Waals surface area contributed by atoms with Gasteiger partial charge in [0.2, 0.25) is 0 Å². The highest BCUT2D eigenvalue weighted by Crippen LogP contribution is 2.10. The number of rotatable bonds is 6. The standard InChI is InChI=1S/C12H20ClN3O/c1-5-16(10(3)8-17-4)7-12-14-9(2)6-11(13)15-12/h6,10H,5,7-8H2,1-4H3. The van der Waals surface area contributed by atoms with E-state index in [1.807, 2.05) is 6.92 Å². The minimum Gasteiger partial charge on any atom is -0.383 e. The van der Waals surface area contributed by atoms with Crippen LogP contribution in [0.5, 0.6) is 0 Å². The molecule has 0 fully saturated rings. The van der Waals surface area contributed by atoms with Crippen LogP contribution in [-0.2, 0) is 11.3 Å². The lowest BCUT2D eigenvalue weighted by Gasteiger charge is -2.26. The first-order valence-electron chi connectivity index (χ1n) is 5.79. The predicted molar refractivity (Wildman–Crippen MR) is 69.2 cm³/mol. The fourth-order valence-corrected chi connectivity index (χ4v) is 2.02. The smallest absolute Gasteiger partial charge is 0.144 e. The number of aromatic nitrogens is 2. The van der Waals surface area contributed by atoms with E-state index < -0.39 is 0 Å². The fraction of sp³-hybridized carbons (Fsp3) is 0.667. The SMILES string of the molecule is CCN(Cc1nc(C)cc(Cl)n1)C(C)COC. The molecule has 5 heteroatoms. The first-order chi connectivity index (χ1) is 8.06. The maximum atomic E-state index is 5.92. The van der Waals surface area contributed by atoms with E-state index in [0.717, 1.165) is 18.1 Å². The molecule has 0 amide bonds. The normalized spacial score (nSPS) is 13.1. The number of hydrogen-bond donors (Lipinski definition) is 0. The van der Waals surface area contributed by atoms with Crippen molar-refractivity contribution in [2.45, 2.75) is 33.4 Å². The van der Waals surface area contributed by atoms with Gasteiger partial charge in [0.05, 0.1) is 13.2 Å². The zero-order valence-corrected chi connectivity index (χ0v) is 11.7. The van der Waals surface area contributed by atoms with Crippen LogP contribution in [0.3, 0.4) is 0 Å². The molecule has 0 aliphatic rings. The van der Waals surface area contributed by atoms with Crippen LogP contribution < -0.4 is 0 Å². The van der Waals surface area contributed by atoms with Crippen LogP contribution in [0, 0.1) is 6.92 Å². The molecule has 0 N–H and O–H groups in total. The van der Waals surface area contributed by atoms with Gasteiger partial charge in [-0.1, -0.05) is 18.5 Å². The summed E-state index contributed by atoms with van der Waals surface area (Å²) in [6, 6.07) is 2.10. The molecule has 1 aromatic rings. The molecule has 0 aliphatic carbocycles. The van der Waals surface area contributed by atoms with Gasteiger partial charge in [-0.25, -0.2) is 9.97 Å². The van der Waals surface area contributed by atoms with Gasteiger partial charge < -0.3 is 4.74 Å². The van der Waals surface area contributed by atoms with Crippen molar-refractivity contribution in [3.63, 3.8) is 0 Å². The molecule has 1 unspecified atom stereocenters. The number of methoxy groups -OCH3 is 1. The summed E-state index contributed by atoms with van der Waals surface area (Å²) in [5.74, 6) is 0.764. The maximum absolute atomic E-state index is 5.92. The lowest BCUT2D eigenvalue weighted by molar-refractivity contribution is 0.0965. The Kier molecular flexibility index (Phi) is 5.82. The molecule has 0 saturated heterocycles. The Bertz CT molecular complexity index is 339. The third kappa shape index (κ3) is 4.58. The second kappa shape index (κ2) is 6.89. The monoisotopic (exact) mass is 257 g/mol. The highest BCUT2D eigenvalue weighted by Gasteiger charge is 2.14. The van der Waals surface area contributed by atoms with Gasteiger partial charge in [0.1, 0.15) is 11.0 Å². The van der Waals surface area contributed by atoms with Crippen LogP contribution in [0.25, 0.3) is 0 Å². The Hall–Kier alpha value is -0.710. The van der Waals surface area contributed by atoms with Crippen molar-refractivity contribution >= 4 is 11.6 Å². The average Bonchev–Trinajstić information content (AvgIpc) is 2.24. The molecule has 1 rings (SSSR count). The van der Waals surface area contributed by atoms with Crippen LogP contribution in [0.4, 0.5) is 0 Å². The number of nitrogens with zero attached hydrogens (tertiary/aromatic N) is 3. The predicted octanol–water partition coefficient (Wildman–Crippen LogP) is 2.30. The van der Waals surface area contributed by atoms with Crippen LogP contribution in [-0.4, -0.2) is 41.2 Å². The van der Waals surface area contributed by atoms with Gasteiger partial charge in [-0.3, -0.25) is 4.90 Å². The van der Waals surface area contributed by atoms with E-state index in [1.165, 1.54) is 0 Å². The maximum Gasteiger partial charge on any atom is 0.144 e. The number of aryl methyl sites for hydroxylation is 1. The molecule has 96 valence electrons. The zero-order chi connectivity index (χ0) is 12.8. The van der Waals surface area contributed by atoms with E-state index in [1.54, 1.807) is 13.2 Å². The third-order valence-electron chi connectivity index (χ3n) is 2.65. The number of halogens is 1. The second-order valence-electron chi connectivity index (χ2n) is 4.12. The first-order valence-corrected chi connectivity index (χ1v) is 6.17. The topological polar surface area (TPSA) is 38.2 Å². The van der Waals surface area contributed by atoms with E-state index in [9.17, 15) is 0 Å². The molecule has 0 bridgehead atoms. The molecule has 1 heterocycles. The quantitative estimate of drug-likeness (QED) is 0.733. The molecular formula is C12H20ClN3O. The minimum absolute atomic E-state index is 0.341. The highest BCUT2D eigenvalue weighted by molar-refractivity contribution is 6.29. The van der Waals surface area contributed by atoms with Crippen LogP contribution >= 0.6 is 11.6 Å². The van der Waals surface area contributed by atoms with Crippen LogP contribution in [0.2, 0.25) is 5.15 Å². The van der Waals surface area contributed by atoms with Gasteiger partial charge >= 0.3 is 0 Å². The largest absolute Gasteiger partial charge is 0.383 e. The van der Waals surface area contributed by atoms with E-state index >= 15 is 0 Å². The van der Waals surface area contributed by atoms with Gasteiger partial charge in [0.15, 0.2) is 0 Å². The van der Waals surface area contributed by atoms with E-state index in [4.69, 9.17) is 16.3 Å². The van der Waals surface area contributed by atoms with E-state index in [0.29, 0.717) is 24.3 Å². The number of likely N-dealkylation sites (N-methyl/N-ethyl adjacent to an activating group) is 1. The third-order valence-corrected chi connectivity index (χ3v) is 2.84. The fourth-order valence-electron chi connectivity index (χ4n) is 1.77. The molecule has 0 saturated carbocycles. The van der Waals surface area contributed by atoms with Crippen molar-refractivity contribution in [3.8, 4) is 0 Å². The summed E-state index contributed by atoms with van der Waals surface area (Å²) in [5, 5.41) is 0.503. The number of ether oxygens (including phenoxy) is 1. The van der Waals surface area contributed by atoms with Crippen LogP contribution in [0.15, 0.2) is 6.07 Å². The first kappa shape index (κ1) is 14.4. The van der Waals surface area contributed by atoms with Crippen molar-refractivity contribution in [2.75, 3.05) is 20.3 Å². The van der Waals surface area contributed by atoms with E-state index in [-0.39, 0.29) is 0 Å². The molecule has 4 nitrogen and oxygen atoms in total. The molecule has 17 heavy (non-hydrogen) atoms. The van der Waals surface area contributed by atoms with Crippen LogP contribution in [0.1, 0.15) is 25.4 Å². The van der Waals surface area contributed by atoms with Crippen molar-refractivity contribution in [2.24, 2.45) is 0 Å². The van der Waals surface area contributed by atoms with Gasteiger partial charge in [-0.05, 0) is 26.5 Å². The summed E-state index contributed by atoms with van der Waals surface area (Å²) >= 11 is 5.92. The molecule has 1 aromatic heterocycles.